The lowest BCUT2D eigenvalue weighted by Gasteiger charge is -2.08. The summed E-state index contributed by atoms with van der Waals surface area (Å²) < 4.78 is 6.05. The Hall–Kier alpha value is -2.07. The zero-order valence-corrected chi connectivity index (χ0v) is 13.7. The number of carbonyl (C=O) groups excluding carboxylic acids is 1. The molecule has 1 aliphatic rings. The van der Waals surface area contributed by atoms with Gasteiger partial charge in [-0.15, -0.1) is 11.3 Å². The minimum atomic E-state index is -0.0502. The normalized spacial score (nSPS) is 15.0. The summed E-state index contributed by atoms with van der Waals surface area (Å²) in [5, 5.41) is 6.06. The standard InChI is InChI=1S/C19H19NO2S/c21-19(18-8-5-11-23-18)20-13-9-10-17-15(12-13)14-6-3-1-2-4-7-16(14)22-17/h5,8-12H,1-4,6-7H2,(H,20,21). The Morgan fingerprint density at radius 1 is 1.09 bits per heavy atom. The van der Waals surface area contributed by atoms with Gasteiger partial charge in [0.05, 0.1) is 4.88 Å². The molecule has 3 aromatic rings. The quantitative estimate of drug-likeness (QED) is 0.685. The number of nitrogens with one attached hydrogen (secondary N) is 1. The van der Waals surface area contributed by atoms with Crippen LogP contribution in [0.5, 0.6) is 0 Å². The third kappa shape index (κ3) is 2.91. The van der Waals surface area contributed by atoms with Crippen LogP contribution in [0, 0.1) is 0 Å². The smallest absolute Gasteiger partial charge is 0.265 e. The molecule has 4 heteroatoms. The third-order valence-corrected chi connectivity index (χ3v) is 5.33. The Morgan fingerprint density at radius 3 is 2.78 bits per heavy atom. The first-order valence-electron chi connectivity index (χ1n) is 8.20. The van der Waals surface area contributed by atoms with Crippen molar-refractivity contribution >= 4 is 33.9 Å². The van der Waals surface area contributed by atoms with Crippen LogP contribution >= 0.6 is 11.3 Å². The maximum Gasteiger partial charge on any atom is 0.265 e. The molecule has 118 valence electrons. The molecule has 0 fully saturated rings. The predicted octanol–water partition coefficient (Wildman–Crippen LogP) is 5.41. The van der Waals surface area contributed by atoms with Crippen molar-refractivity contribution < 1.29 is 9.21 Å². The molecular formula is C19H19NO2S. The van der Waals surface area contributed by atoms with Gasteiger partial charge in [-0.3, -0.25) is 4.79 Å². The molecule has 0 spiro atoms. The molecule has 1 aliphatic carbocycles. The van der Waals surface area contributed by atoms with E-state index in [0.717, 1.165) is 40.1 Å². The topological polar surface area (TPSA) is 42.2 Å². The molecule has 2 heterocycles. The average molecular weight is 325 g/mol. The number of benzene rings is 1. The summed E-state index contributed by atoms with van der Waals surface area (Å²) in [6.45, 7) is 0. The molecule has 0 atom stereocenters. The highest BCUT2D eigenvalue weighted by molar-refractivity contribution is 7.12. The van der Waals surface area contributed by atoms with Gasteiger partial charge in [-0.1, -0.05) is 18.9 Å². The van der Waals surface area contributed by atoms with Crippen LogP contribution < -0.4 is 5.32 Å². The van der Waals surface area contributed by atoms with E-state index in [1.165, 1.54) is 42.6 Å². The lowest BCUT2D eigenvalue weighted by Crippen LogP contribution is -2.09. The van der Waals surface area contributed by atoms with Gasteiger partial charge >= 0.3 is 0 Å². The second-order valence-electron chi connectivity index (χ2n) is 6.06. The van der Waals surface area contributed by atoms with Crippen LogP contribution in [-0.2, 0) is 12.8 Å². The van der Waals surface area contributed by atoms with Crippen LogP contribution in [0.3, 0.4) is 0 Å². The van der Waals surface area contributed by atoms with E-state index < -0.39 is 0 Å². The molecule has 4 rings (SSSR count). The Kier molecular flexibility index (Phi) is 3.92. The molecular weight excluding hydrogens is 306 g/mol. The number of aryl methyl sites for hydroxylation is 2. The molecule has 0 unspecified atom stereocenters. The second kappa shape index (κ2) is 6.20. The average Bonchev–Trinajstić information content (AvgIpc) is 3.15. The summed E-state index contributed by atoms with van der Waals surface area (Å²) in [5.74, 6) is 1.09. The number of anilines is 1. The molecule has 2 aromatic heterocycles. The van der Waals surface area contributed by atoms with Gasteiger partial charge in [0.15, 0.2) is 0 Å². The Morgan fingerprint density at radius 2 is 1.96 bits per heavy atom. The molecule has 23 heavy (non-hydrogen) atoms. The first kappa shape index (κ1) is 14.5. The van der Waals surface area contributed by atoms with Crippen molar-refractivity contribution in [1.82, 2.24) is 0 Å². The summed E-state index contributed by atoms with van der Waals surface area (Å²) in [6, 6.07) is 9.69. The lowest BCUT2D eigenvalue weighted by atomic mass is 9.97. The highest BCUT2D eigenvalue weighted by Gasteiger charge is 2.16. The van der Waals surface area contributed by atoms with Crippen LogP contribution in [0.15, 0.2) is 40.1 Å². The first-order chi connectivity index (χ1) is 11.3. The summed E-state index contributed by atoms with van der Waals surface area (Å²) in [4.78, 5) is 12.9. The molecule has 1 amide bonds. The van der Waals surface area contributed by atoms with Gasteiger partial charge in [-0.05, 0) is 48.9 Å². The largest absolute Gasteiger partial charge is 0.461 e. The first-order valence-corrected chi connectivity index (χ1v) is 9.08. The van der Waals surface area contributed by atoms with Crippen LogP contribution in [0.2, 0.25) is 0 Å². The number of rotatable bonds is 2. The minimum Gasteiger partial charge on any atom is -0.461 e. The van der Waals surface area contributed by atoms with Gasteiger partial charge in [0.25, 0.3) is 5.91 Å². The number of fused-ring (bicyclic) bond motifs is 3. The van der Waals surface area contributed by atoms with Gasteiger partial charge in [0, 0.05) is 23.1 Å². The Bertz CT molecular complexity index is 833. The molecule has 1 aromatic carbocycles. The van der Waals surface area contributed by atoms with E-state index in [4.69, 9.17) is 4.42 Å². The van der Waals surface area contributed by atoms with E-state index in [9.17, 15) is 4.79 Å². The monoisotopic (exact) mass is 325 g/mol. The van der Waals surface area contributed by atoms with Crippen LogP contribution in [0.1, 0.15) is 46.7 Å². The van der Waals surface area contributed by atoms with Crippen molar-refractivity contribution in [3.05, 3.63) is 51.9 Å². The molecule has 0 bridgehead atoms. The summed E-state index contributed by atoms with van der Waals surface area (Å²) in [6.07, 6.45) is 7.10. The van der Waals surface area contributed by atoms with E-state index in [2.05, 4.69) is 11.4 Å². The van der Waals surface area contributed by atoms with Crippen LogP contribution in [0.4, 0.5) is 5.69 Å². The van der Waals surface area contributed by atoms with E-state index in [1.807, 2.05) is 29.6 Å². The highest BCUT2D eigenvalue weighted by atomic mass is 32.1. The number of furan rings is 1. The van der Waals surface area contributed by atoms with Crippen molar-refractivity contribution in [1.29, 1.82) is 0 Å². The molecule has 0 saturated heterocycles. The van der Waals surface area contributed by atoms with Gasteiger partial charge in [0.1, 0.15) is 11.3 Å². The van der Waals surface area contributed by atoms with Crippen LogP contribution in [0.25, 0.3) is 11.0 Å². The van der Waals surface area contributed by atoms with Crippen molar-refractivity contribution in [2.45, 2.75) is 38.5 Å². The Labute approximate surface area is 139 Å². The van der Waals surface area contributed by atoms with E-state index >= 15 is 0 Å². The van der Waals surface area contributed by atoms with E-state index in [1.54, 1.807) is 0 Å². The SMILES string of the molecule is O=C(Nc1ccc2oc3c(c2c1)CCCCCC3)c1cccs1. The van der Waals surface area contributed by atoms with Crippen molar-refractivity contribution in [3.63, 3.8) is 0 Å². The predicted molar refractivity (Wildman–Crippen MR) is 94.4 cm³/mol. The van der Waals surface area contributed by atoms with Gasteiger partial charge in [-0.2, -0.15) is 0 Å². The maximum atomic E-state index is 12.2. The third-order valence-electron chi connectivity index (χ3n) is 4.46. The lowest BCUT2D eigenvalue weighted by molar-refractivity contribution is 0.103. The summed E-state index contributed by atoms with van der Waals surface area (Å²) in [5.41, 5.74) is 3.11. The maximum absolute atomic E-state index is 12.2. The number of carbonyl (C=O) groups is 1. The van der Waals surface area contributed by atoms with Crippen molar-refractivity contribution in [2.24, 2.45) is 0 Å². The molecule has 1 N–H and O–H groups in total. The summed E-state index contributed by atoms with van der Waals surface area (Å²) >= 11 is 1.45. The van der Waals surface area contributed by atoms with Crippen LogP contribution in [-0.4, -0.2) is 5.91 Å². The zero-order valence-electron chi connectivity index (χ0n) is 12.9. The molecule has 0 radical (unpaired) electrons. The van der Waals surface area contributed by atoms with Gasteiger partial charge in [-0.25, -0.2) is 0 Å². The summed E-state index contributed by atoms with van der Waals surface area (Å²) in [7, 11) is 0. The molecule has 0 saturated carbocycles. The van der Waals surface area contributed by atoms with Gasteiger partial charge < -0.3 is 9.73 Å². The fourth-order valence-corrected chi connectivity index (χ4v) is 3.91. The number of thiophene rings is 1. The van der Waals surface area contributed by atoms with Crippen molar-refractivity contribution in [2.75, 3.05) is 5.32 Å². The van der Waals surface area contributed by atoms with Crippen molar-refractivity contribution in [3.8, 4) is 0 Å². The zero-order chi connectivity index (χ0) is 15.6. The van der Waals surface area contributed by atoms with Gasteiger partial charge in [0.2, 0.25) is 0 Å². The number of amides is 1. The fraction of sp³-hybridized carbons (Fsp3) is 0.316. The molecule has 3 nitrogen and oxygen atoms in total. The minimum absolute atomic E-state index is 0.0502. The fourth-order valence-electron chi connectivity index (χ4n) is 3.29. The number of hydrogen-bond donors (Lipinski definition) is 1. The van der Waals surface area contributed by atoms with E-state index in [0.29, 0.717) is 0 Å². The highest BCUT2D eigenvalue weighted by Crippen LogP contribution is 2.32. The number of hydrogen-bond acceptors (Lipinski definition) is 3. The Balaban J connectivity index is 1.67. The van der Waals surface area contributed by atoms with E-state index in [-0.39, 0.29) is 5.91 Å². The molecule has 0 aliphatic heterocycles. The second-order valence-corrected chi connectivity index (χ2v) is 7.01.